The Morgan fingerprint density at radius 3 is 2.50 bits per heavy atom. The van der Waals surface area contributed by atoms with Gasteiger partial charge in [-0.15, -0.1) is 0 Å². The molecule has 1 aliphatic heterocycles. The first-order valence-corrected chi connectivity index (χ1v) is 8.46. The summed E-state index contributed by atoms with van der Waals surface area (Å²) in [5, 5.41) is 2.83. The molecule has 1 aliphatic rings. The average Bonchev–Trinajstić information content (AvgIpc) is 2.55. The van der Waals surface area contributed by atoms with Crippen LogP contribution in [0.3, 0.4) is 0 Å². The first kappa shape index (κ1) is 18.3. The molecule has 0 spiro atoms. The minimum absolute atomic E-state index is 0.0262. The third-order valence-electron chi connectivity index (χ3n) is 4.26. The normalized spacial score (nSPS) is 15.2. The van der Waals surface area contributed by atoms with E-state index in [0.29, 0.717) is 13.0 Å². The quantitative estimate of drug-likeness (QED) is 0.884. The maximum atomic E-state index is 12.1. The van der Waals surface area contributed by atoms with E-state index < -0.39 is 0 Å². The molecule has 1 aromatic rings. The molecule has 0 unspecified atom stereocenters. The minimum Gasteiger partial charge on any atom is -0.349 e. The second-order valence-electron chi connectivity index (χ2n) is 6.52. The van der Waals surface area contributed by atoms with E-state index in [1.807, 2.05) is 4.90 Å². The van der Waals surface area contributed by atoms with Crippen LogP contribution >= 0.6 is 0 Å². The molecular formula is C18H28N4O2. The summed E-state index contributed by atoms with van der Waals surface area (Å²) in [6.07, 6.45) is 0.339. The number of amides is 3. The van der Waals surface area contributed by atoms with Crippen LogP contribution in [0.5, 0.6) is 0 Å². The number of aryl methyl sites for hydroxylation is 1. The monoisotopic (exact) mass is 332 g/mol. The van der Waals surface area contributed by atoms with E-state index in [1.165, 1.54) is 16.0 Å². The molecule has 24 heavy (non-hydrogen) atoms. The topological polar surface area (TPSA) is 55.9 Å². The number of urea groups is 1. The lowest BCUT2D eigenvalue weighted by atomic mass is 10.1. The van der Waals surface area contributed by atoms with Crippen molar-refractivity contribution in [3.63, 3.8) is 0 Å². The van der Waals surface area contributed by atoms with Crippen molar-refractivity contribution in [1.82, 2.24) is 20.0 Å². The molecule has 1 aromatic carbocycles. The van der Waals surface area contributed by atoms with Crippen LogP contribution < -0.4 is 5.32 Å². The zero-order valence-corrected chi connectivity index (χ0v) is 14.9. The van der Waals surface area contributed by atoms with Gasteiger partial charge >= 0.3 is 6.03 Å². The summed E-state index contributed by atoms with van der Waals surface area (Å²) >= 11 is 0. The van der Waals surface area contributed by atoms with Crippen molar-refractivity contribution in [2.24, 2.45) is 0 Å². The largest absolute Gasteiger partial charge is 0.349 e. The van der Waals surface area contributed by atoms with Crippen LogP contribution in [0.25, 0.3) is 0 Å². The van der Waals surface area contributed by atoms with Crippen LogP contribution in [0.2, 0.25) is 0 Å². The van der Waals surface area contributed by atoms with Gasteiger partial charge in [-0.05, 0) is 12.5 Å². The van der Waals surface area contributed by atoms with Gasteiger partial charge in [0.15, 0.2) is 0 Å². The predicted octanol–water partition coefficient (Wildman–Crippen LogP) is 1.30. The molecule has 0 saturated carbocycles. The fraction of sp³-hybridized carbons (Fsp3) is 0.556. The Hall–Kier alpha value is -2.08. The molecule has 1 fully saturated rings. The fourth-order valence-electron chi connectivity index (χ4n) is 2.79. The summed E-state index contributed by atoms with van der Waals surface area (Å²) in [7, 11) is 3.44. The lowest BCUT2D eigenvalue weighted by Crippen LogP contribution is -2.51. The third kappa shape index (κ3) is 5.53. The Morgan fingerprint density at radius 2 is 1.88 bits per heavy atom. The van der Waals surface area contributed by atoms with Crippen molar-refractivity contribution in [2.75, 3.05) is 46.8 Å². The summed E-state index contributed by atoms with van der Waals surface area (Å²) in [5.41, 5.74) is 2.59. The molecule has 6 nitrogen and oxygen atoms in total. The number of nitrogens with zero attached hydrogens (tertiary/aromatic N) is 3. The summed E-state index contributed by atoms with van der Waals surface area (Å²) < 4.78 is 0. The Labute approximate surface area is 144 Å². The van der Waals surface area contributed by atoms with Crippen LogP contribution in [0.15, 0.2) is 24.3 Å². The lowest BCUT2D eigenvalue weighted by Gasteiger charge is -2.34. The van der Waals surface area contributed by atoms with Crippen LogP contribution in [-0.2, 0) is 11.3 Å². The van der Waals surface area contributed by atoms with Gasteiger partial charge in [0.25, 0.3) is 0 Å². The molecule has 1 saturated heterocycles. The van der Waals surface area contributed by atoms with Crippen LogP contribution in [0, 0.1) is 6.92 Å². The van der Waals surface area contributed by atoms with Gasteiger partial charge in [0.05, 0.1) is 0 Å². The standard InChI is InChI=1S/C18H28N4O2/c1-15-5-4-6-16(13-15)14-21-9-11-22(12-10-21)18(24)19-8-7-17(23)20(2)3/h4-6,13H,7-12,14H2,1-3H3,(H,19,24). The Balaban J connectivity index is 1.70. The Morgan fingerprint density at radius 1 is 1.17 bits per heavy atom. The van der Waals surface area contributed by atoms with E-state index in [4.69, 9.17) is 0 Å². The molecule has 6 heteroatoms. The number of nitrogens with one attached hydrogen (secondary N) is 1. The molecule has 0 atom stereocenters. The first-order valence-electron chi connectivity index (χ1n) is 8.46. The molecule has 2 rings (SSSR count). The van der Waals surface area contributed by atoms with Gasteiger partial charge in [-0.1, -0.05) is 29.8 Å². The van der Waals surface area contributed by atoms with Crippen molar-refractivity contribution in [2.45, 2.75) is 19.9 Å². The summed E-state index contributed by atoms with van der Waals surface area (Å²) in [5.74, 6) is 0.0262. The molecule has 0 bridgehead atoms. The fourth-order valence-corrected chi connectivity index (χ4v) is 2.79. The first-order chi connectivity index (χ1) is 11.5. The van der Waals surface area contributed by atoms with E-state index in [1.54, 1.807) is 14.1 Å². The van der Waals surface area contributed by atoms with E-state index in [2.05, 4.69) is 41.4 Å². The second-order valence-corrected chi connectivity index (χ2v) is 6.52. The molecule has 0 aromatic heterocycles. The van der Waals surface area contributed by atoms with Crippen LogP contribution in [-0.4, -0.2) is 73.5 Å². The molecular weight excluding hydrogens is 304 g/mol. The zero-order valence-electron chi connectivity index (χ0n) is 14.9. The number of carbonyl (C=O) groups is 2. The van der Waals surface area contributed by atoms with Crippen molar-refractivity contribution in [3.05, 3.63) is 35.4 Å². The number of hydrogen-bond donors (Lipinski definition) is 1. The van der Waals surface area contributed by atoms with Gasteiger partial charge in [-0.25, -0.2) is 4.79 Å². The smallest absolute Gasteiger partial charge is 0.317 e. The van der Waals surface area contributed by atoms with Gasteiger partial charge in [-0.3, -0.25) is 9.69 Å². The van der Waals surface area contributed by atoms with E-state index in [0.717, 1.165) is 32.7 Å². The van der Waals surface area contributed by atoms with Crippen LogP contribution in [0.4, 0.5) is 4.79 Å². The van der Waals surface area contributed by atoms with Crippen molar-refractivity contribution in [3.8, 4) is 0 Å². The van der Waals surface area contributed by atoms with Gasteiger partial charge in [0, 0.05) is 59.8 Å². The average molecular weight is 332 g/mol. The number of piperazine rings is 1. The summed E-state index contributed by atoms with van der Waals surface area (Å²) in [6, 6.07) is 8.47. The third-order valence-corrected chi connectivity index (χ3v) is 4.26. The molecule has 1 N–H and O–H groups in total. The van der Waals surface area contributed by atoms with Crippen molar-refractivity contribution >= 4 is 11.9 Å². The Bertz CT molecular complexity index is 566. The number of rotatable bonds is 5. The van der Waals surface area contributed by atoms with E-state index in [-0.39, 0.29) is 11.9 Å². The number of hydrogen-bond acceptors (Lipinski definition) is 3. The van der Waals surface area contributed by atoms with Gasteiger partial charge in [0.1, 0.15) is 0 Å². The minimum atomic E-state index is -0.0724. The lowest BCUT2D eigenvalue weighted by molar-refractivity contribution is -0.128. The van der Waals surface area contributed by atoms with Crippen molar-refractivity contribution in [1.29, 1.82) is 0 Å². The maximum Gasteiger partial charge on any atom is 0.317 e. The Kier molecular flexibility index (Phi) is 6.61. The highest BCUT2D eigenvalue weighted by molar-refractivity contribution is 5.78. The van der Waals surface area contributed by atoms with Gasteiger partial charge in [0.2, 0.25) is 5.91 Å². The van der Waals surface area contributed by atoms with E-state index >= 15 is 0 Å². The highest BCUT2D eigenvalue weighted by Crippen LogP contribution is 2.10. The summed E-state index contributed by atoms with van der Waals surface area (Å²) in [6.45, 7) is 6.61. The molecule has 0 aliphatic carbocycles. The molecule has 132 valence electrons. The highest BCUT2D eigenvalue weighted by atomic mass is 16.2. The maximum absolute atomic E-state index is 12.1. The molecule has 3 amide bonds. The molecule has 0 radical (unpaired) electrons. The number of carbonyl (C=O) groups excluding carboxylic acids is 2. The van der Waals surface area contributed by atoms with Crippen LogP contribution in [0.1, 0.15) is 17.5 Å². The van der Waals surface area contributed by atoms with Crippen molar-refractivity contribution < 1.29 is 9.59 Å². The SMILES string of the molecule is Cc1cccc(CN2CCN(C(=O)NCCC(=O)N(C)C)CC2)c1. The second kappa shape index (κ2) is 8.68. The molecule has 1 heterocycles. The zero-order chi connectivity index (χ0) is 17.5. The summed E-state index contributed by atoms with van der Waals surface area (Å²) in [4.78, 5) is 29.4. The van der Waals surface area contributed by atoms with E-state index in [9.17, 15) is 9.59 Å². The highest BCUT2D eigenvalue weighted by Gasteiger charge is 2.21. The predicted molar refractivity (Wildman–Crippen MR) is 94.7 cm³/mol. The van der Waals surface area contributed by atoms with Gasteiger partial charge in [-0.2, -0.15) is 0 Å². The number of benzene rings is 1. The van der Waals surface area contributed by atoms with Gasteiger partial charge < -0.3 is 15.1 Å².